The molecule has 140 valence electrons. The highest BCUT2D eigenvalue weighted by atomic mass is 32.1. The standard InChI is InChI=1S/C19H20N4O3S/c1-3-19(18(25)26,14-7-5-4-6-8-14)12-20-16(24)15-11-27-17(22-15)13-9-21-23(2)10-13/h4-11H,3,12H2,1-2H3,(H,20,24)(H,25,26). The molecule has 0 aliphatic heterocycles. The van der Waals surface area contributed by atoms with E-state index in [0.717, 1.165) is 5.56 Å². The van der Waals surface area contributed by atoms with E-state index in [1.807, 2.05) is 19.3 Å². The van der Waals surface area contributed by atoms with Gasteiger partial charge in [0, 0.05) is 30.7 Å². The fourth-order valence-electron chi connectivity index (χ4n) is 2.90. The molecule has 2 heterocycles. The summed E-state index contributed by atoms with van der Waals surface area (Å²) in [6.45, 7) is 1.79. The molecule has 0 aliphatic rings. The van der Waals surface area contributed by atoms with Gasteiger partial charge in [-0.2, -0.15) is 5.10 Å². The van der Waals surface area contributed by atoms with Crippen LogP contribution in [0.3, 0.4) is 0 Å². The van der Waals surface area contributed by atoms with Crippen molar-refractivity contribution in [3.05, 3.63) is 59.4 Å². The Morgan fingerprint density at radius 1 is 1.30 bits per heavy atom. The summed E-state index contributed by atoms with van der Waals surface area (Å²) in [4.78, 5) is 28.9. The number of aliphatic carboxylic acids is 1. The Balaban J connectivity index is 1.77. The molecule has 2 aromatic heterocycles. The van der Waals surface area contributed by atoms with Gasteiger partial charge in [0.25, 0.3) is 5.91 Å². The Hall–Kier alpha value is -3.00. The summed E-state index contributed by atoms with van der Waals surface area (Å²) in [5.74, 6) is -1.36. The normalized spacial score (nSPS) is 13.1. The lowest BCUT2D eigenvalue weighted by Gasteiger charge is -2.28. The van der Waals surface area contributed by atoms with Crippen LogP contribution < -0.4 is 5.32 Å². The number of thiazole rings is 1. The molecule has 1 amide bonds. The monoisotopic (exact) mass is 384 g/mol. The van der Waals surface area contributed by atoms with E-state index >= 15 is 0 Å². The number of hydrogen-bond acceptors (Lipinski definition) is 5. The lowest BCUT2D eigenvalue weighted by atomic mass is 9.78. The molecule has 0 aliphatic carbocycles. The van der Waals surface area contributed by atoms with Gasteiger partial charge in [0.15, 0.2) is 0 Å². The van der Waals surface area contributed by atoms with Crippen molar-refractivity contribution < 1.29 is 14.7 Å². The number of rotatable bonds is 7. The van der Waals surface area contributed by atoms with E-state index < -0.39 is 17.3 Å². The second-order valence-electron chi connectivity index (χ2n) is 6.23. The minimum absolute atomic E-state index is 0.0125. The van der Waals surface area contributed by atoms with Gasteiger partial charge in [-0.3, -0.25) is 14.3 Å². The predicted octanol–water partition coefficient (Wildman–Crippen LogP) is 2.71. The number of hydrogen-bond donors (Lipinski definition) is 2. The Kier molecular flexibility index (Phi) is 5.36. The van der Waals surface area contributed by atoms with Gasteiger partial charge in [0.2, 0.25) is 0 Å². The van der Waals surface area contributed by atoms with Crippen molar-refractivity contribution in [1.29, 1.82) is 0 Å². The van der Waals surface area contributed by atoms with Crippen LogP contribution in [0.1, 0.15) is 29.4 Å². The number of nitrogens with one attached hydrogen (secondary N) is 1. The van der Waals surface area contributed by atoms with E-state index in [9.17, 15) is 14.7 Å². The van der Waals surface area contributed by atoms with Crippen LogP contribution in [0, 0.1) is 0 Å². The lowest BCUT2D eigenvalue weighted by Crippen LogP contribution is -2.46. The van der Waals surface area contributed by atoms with E-state index in [4.69, 9.17) is 0 Å². The van der Waals surface area contributed by atoms with Crippen molar-refractivity contribution in [1.82, 2.24) is 20.1 Å². The third kappa shape index (κ3) is 3.75. The van der Waals surface area contributed by atoms with E-state index in [-0.39, 0.29) is 12.2 Å². The highest BCUT2D eigenvalue weighted by molar-refractivity contribution is 7.13. The Morgan fingerprint density at radius 2 is 2.04 bits per heavy atom. The summed E-state index contributed by atoms with van der Waals surface area (Å²) in [6, 6.07) is 8.97. The maximum atomic E-state index is 12.5. The van der Waals surface area contributed by atoms with Crippen LogP contribution in [0.25, 0.3) is 10.6 Å². The first-order chi connectivity index (χ1) is 13.0. The minimum atomic E-state index is -1.18. The lowest BCUT2D eigenvalue weighted by molar-refractivity contribution is -0.143. The molecule has 0 spiro atoms. The molecule has 2 N–H and O–H groups in total. The molecule has 0 saturated heterocycles. The highest BCUT2D eigenvalue weighted by Crippen LogP contribution is 2.28. The predicted molar refractivity (Wildman–Crippen MR) is 103 cm³/mol. The number of aryl methyl sites for hydroxylation is 1. The summed E-state index contributed by atoms with van der Waals surface area (Å²) < 4.78 is 1.67. The summed E-state index contributed by atoms with van der Waals surface area (Å²) in [6.07, 6.45) is 3.86. The van der Waals surface area contributed by atoms with Crippen LogP contribution in [0.15, 0.2) is 48.1 Å². The smallest absolute Gasteiger partial charge is 0.315 e. The van der Waals surface area contributed by atoms with Crippen LogP contribution in [0.4, 0.5) is 0 Å². The number of carboxylic acids is 1. The summed E-state index contributed by atoms with van der Waals surface area (Å²) in [7, 11) is 1.81. The third-order valence-electron chi connectivity index (χ3n) is 4.58. The van der Waals surface area contributed by atoms with E-state index in [1.54, 1.807) is 47.4 Å². The van der Waals surface area contributed by atoms with Gasteiger partial charge in [-0.15, -0.1) is 11.3 Å². The molecule has 27 heavy (non-hydrogen) atoms. The average Bonchev–Trinajstić information content (AvgIpc) is 3.32. The van der Waals surface area contributed by atoms with Crippen LogP contribution >= 0.6 is 11.3 Å². The summed E-state index contributed by atoms with van der Waals surface area (Å²) in [5, 5.41) is 19.0. The number of aromatic nitrogens is 3. The number of carbonyl (C=O) groups is 2. The van der Waals surface area contributed by atoms with E-state index in [2.05, 4.69) is 15.4 Å². The molecule has 1 aromatic carbocycles. The number of carboxylic acid groups (broad SMARTS) is 1. The van der Waals surface area contributed by atoms with E-state index in [0.29, 0.717) is 17.0 Å². The molecule has 7 nitrogen and oxygen atoms in total. The molecule has 0 bridgehead atoms. The Labute approximate surface area is 160 Å². The maximum Gasteiger partial charge on any atom is 0.315 e. The van der Waals surface area contributed by atoms with Crippen LogP contribution in [-0.4, -0.2) is 38.3 Å². The van der Waals surface area contributed by atoms with Crippen LogP contribution in [0.2, 0.25) is 0 Å². The Morgan fingerprint density at radius 3 is 2.63 bits per heavy atom. The van der Waals surface area contributed by atoms with Crippen LogP contribution in [0.5, 0.6) is 0 Å². The van der Waals surface area contributed by atoms with Gasteiger partial charge in [-0.1, -0.05) is 37.3 Å². The minimum Gasteiger partial charge on any atom is -0.481 e. The number of amides is 1. The van der Waals surface area contributed by atoms with Crippen molar-refractivity contribution >= 4 is 23.2 Å². The zero-order valence-electron chi connectivity index (χ0n) is 15.0. The number of carbonyl (C=O) groups excluding carboxylic acids is 1. The molecule has 0 saturated carbocycles. The second-order valence-corrected chi connectivity index (χ2v) is 7.09. The summed E-state index contributed by atoms with van der Waals surface area (Å²) in [5.41, 5.74) is 0.579. The zero-order chi connectivity index (χ0) is 19.4. The maximum absolute atomic E-state index is 12.5. The molecule has 1 atom stereocenters. The molecule has 3 aromatic rings. The van der Waals surface area contributed by atoms with Gasteiger partial charge in [-0.05, 0) is 12.0 Å². The topological polar surface area (TPSA) is 97.1 Å². The molecule has 8 heteroatoms. The fourth-order valence-corrected chi connectivity index (χ4v) is 3.68. The molecular weight excluding hydrogens is 364 g/mol. The first kappa shape index (κ1) is 18.8. The average molecular weight is 384 g/mol. The largest absolute Gasteiger partial charge is 0.481 e. The van der Waals surface area contributed by atoms with Crippen molar-refractivity contribution in [2.45, 2.75) is 18.8 Å². The fraction of sp³-hybridized carbons (Fsp3) is 0.263. The van der Waals surface area contributed by atoms with Gasteiger partial charge in [-0.25, -0.2) is 4.98 Å². The van der Waals surface area contributed by atoms with Crippen molar-refractivity contribution in [3.63, 3.8) is 0 Å². The summed E-state index contributed by atoms with van der Waals surface area (Å²) >= 11 is 1.34. The third-order valence-corrected chi connectivity index (χ3v) is 5.47. The van der Waals surface area contributed by atoms with Crippen LogP contribution in [-0.2, 0) is 17.3 Å². The van der Waals surface area contributed by atoms with Crippen molar-refractivity contribution in [2.75, 3.05) is 6.54 Å². The van der Waals surface area contributed by atoms with Crippen molar-refractivity contribution in [3.8, 4) is 10.6 Å². The number of nitrogens with zero attached hydrogens (tertiary/aromatic N) is 3. The molecule has 0 fully saturated rings. The van der Waals surface area contributed by atoms with Gasteiger partial charge >= 0.3 is 5.97 Å². The highest BCUT2D eigenvalue weighted by Gasteiger charge is 2.39. The number of benzene rings is 1. The molecule has 1 unspecified atom stereocenters. The molecule has 0 radical (unpaired) electrons. The SMILES string of the molecule is CCC(CNC(=O)c1csc(-c2cnn(C)c2)n1)(C(=O)O)c1ccccc1. The van der Waals surface area contributed by atoms with Gasteiger partial charge in [0.1, 0.15) is 16.1 Å². The van der Waals surface area contributed by atoms with E-state index in [1.165, 1.54) is 11.3 Å². The first-order valence-corrected chi connectivity index (χ1v) is 9.36. The van der Waals surface area contributed by atoms with Gasteiger partial charge in [0.05, 0.1) is 6.20 Å². The molecular formula is C19H20N4O3S. The van der Waals surface area contributed by atoms with Gasteiger partial charge < -0.3 is 10.4 Å². The quantitative estimate of drug-likeness (QED) is 0.653. The second kappa shape index (κ2) is 7.71. The first-order valence-electron chi connectivity index (χ1n) is 8.48. The zero-order valence-corrected chi connectivity index (χ0v) is 15.9. The molecule has 3 rings (SSSR count). The van der Waals surface area contributed by atoms with Crippen molar-refractivity contribution in [2.24, 2.45) is 7.05 Å². The Bertz CT molecular complexity index is 951.